The molecule has 5 heteroatoms. The predicted molar refractivity (Wildman–Crippen MR) is 87.9 cm³/mol. The monoisotopic (exact) mass is 294 g/mol. The summed E-state index contributed by atoms with van der Waals surface area (Å²) in [6.45, 7) is 3.12. The number of thioether (sulfide) groups is 1. The molecule has 1 aromatic heterocycles. The van der Waals surface area contributed by atoms with Crippen molar-refractivity contribution in [2.24, 2.45) is 0 Å². The molecule has 4 nitrogen and oxygen atoms in total. The Bertz CT molecular complexity index is 418. The van der Waals surface area contributed by atoms with Crippen molar-refractivity contribution in [3.8, 4) is 0 Å². The summed E-state index contributed by atoms with van der Waals surface area (Å²) in [5, 5.41) is 4.23. The lowest BCUT2D eigenvalue weighted by molar-refractivity contribution is 0.425. The van der Waals surface area contributed by atoms with E-state index in [0.29, 0.717) is 6.04 Å². The molecule has 1 heterocycles. The molecule has 0 amide bonds. The summed E-state index contributed by atoms with van der Waals surface area (Å²) in [7, 11) is 2.17. The lowest BCUT2D eigenvalue weighted by atomic mass is 9.94. The average Bonchev–Trinajstić information content (AvgIpc) is 2.52. The smallest absolute Gasteiger partial charge is 0.191 e. The van der Waals surface area contributed by atoms with Crippen molar-refractivity contribution in [3.05, 3.63) is 6.07 Å². The van der Waals surface area contributed by atoms with Crippen LogP contribution in [0.3, 0.4) is 0 Å². The molecule has 0 unspecified atom stereocenters. The molecule has 2 rings (SSSR count). The lowest BCUT2D eigenvalue weighted by Gasteiger charge is -2.32. The average molecular weight is 294 g/mol. The largest absolute Gasteiger partial charge is 0.370 e. The van der Waals surface area contributed by atoms with E-state index in [1.807, 2.05) is 6.26 Å². The van der Waals surface area contributed by atoms with E-state index in [-0.39, 0.29) is 0 Å². The quantitative estimate of drug-likeness (QED) is 0.638. The second kappa shape index (κ2) is 7.72. The van der Waals surface area contributed by atoms with E-state index in [1.165, 1.54) is 32.1 Å². The van der Waals surface area contributed by atoms with Gasteiger partial charge in [-0.15, -0.1) is 0 Å². The van der Waals surface area contributed by atoms with Crippen molar-refractivity contribution in [1.29, 1.82) is 0 Å². The first-order chi connectivity index (χ1) is 9.74. The van der Waals surface area contributed by atoms with E-state index in [4.69, 9.17) is 0 Å². The summed E-state index contributed by atoms with van der Waals surface area (Å²) in [5.41, 5.74) is 0. The highest BCUT2D eigenvalue weighted by Crippen LogP contribution is 2.27. The molecule has 0 saturated heterocycles. The highest BCUT2D eigenvalue weighted by Gasteiger charge is 2.20. The summed E-state index contributed by atoms with van der Waals surface area (Å²) >= 11 is 1.61. The van der Waals surface area contributed by atoms with Crippen LogP contribution in [0, 0.1) is 0 Å². The highest BCUT2D eigenvalue weighted by atomic mass is 32.2. The fourth-order valence-electron chi connectivity index (χ4n) is 2.68. The van der Waals surface area contributed by atoms with Gasteiger partial charge in [0, 0.05) is 25.7 Å². The van der Waals surface area contributed by atoms with Crippen molar-refractivity contribution in [3.63, 3.8) is 0 Å². The van der Waals surface area contributed by atoms with Crippen LogP contribution in [0.1, 0.15) is 45.4 Å². The molecule has 0 radical (unpaired) electrons. The van der Waals surface area contributed by atoms with Gasteiger partial charge in [0.25, 0.3) is 0 Å². The molecule has 20 heavy (non-hydrogen) atoms. The highest BCUT2D eigenvalue weighted by molar-refractivity contribution is 7.98. The Kier molecular flexibility index (Phi) is 5.95. The van der Waals surface area contributed by atoms with Gasteiger partial charge in [-0.25, -0.2) is 9.97 Å². The van der Waals surface area contributed by atoms with Gasteiger partial charge in [0.15, 0.2) is 5.16 Å². The van der Waals surface area contributed by atoms with Gasteiger partial charge < -0.3 is 10.2 Å². The molecule has 112 valence electrons. The lowest BCUT2D eigenvalue weighted by Crippen LogP contribution is -2.34. The molecule has 0 atom stereocenters. The molecule has 0 bridgehead atoms. The zero-order valence-corrected chi connectivity index (χ0v) is 13.7. The van der Waals surface area contributed by atoms with Crippen LogP contribution in [0.25, 0.3) is 0 Å². The Hall–Kier alpha value is -0.970. The van der Waals surface area contributed by atoms with Gasteiger partial charge in [-0.1, -0.05) is 37.9 Å². The number of hydrogen-bond acceptors (Lipinski definition) is 5. The van der Waals surface area contributed by atoms with Crippen LogP contribution in [-0.2, 0) is 0 Å². The van der Waals surface area contributed by atoms with Crippen molar-refractivity contribution >= 4 is 23.4 Å². The topological polar surface area (TPSA) is 41.0 Å². The number of anilines is 2. The fourth-order valence-corrected chi connectivity index (χ4v) is 3.06. The third-order valence-corrected chi connectivity index (χ3v) is 4.46. The zero-order valence-electron chi connectivity index (χ0n) is 12.9. The summed E-state index contributed by atoms with van der Waals surface area (Å²) in [4.78, 5) is 11.5. The number of nitrogens with one attached hydrogen (secondary N) is 1. The van der Waals surface area contributed by atoms with Gasteiger partial charge >= 0.3 is 0 Å². The van der Waals surface area contributed by atoms with Crippen molar-refractivity contribution in [1.82, 2.24) is 9.97 Å². The maximum absolute atomic E-state index is 4.67. The molecule has 0 aliphatic heterocycles. The first-order valence-electron chi connectivity index (χ1n) is 7.64. The molecule has 1 fully saturated rings. The van der Waals surface area contributed by atoms with E-state index in [2.05, 4.69) is 40.2 Å². The van der Waals surface area contributed by atoms with Gasteiger partial charge in [0.1, 0.15) is 11.6 Å². The summed E-state index contributed by atoms with van der Waals surface area (Å²) in [6, 6.07) is 2.72. The maximum atomic E-state index is 4.67. The van der Waals surface area contributed by atoms with Gasteiger partial charge in [-0.2, -0.15) is 0 Å². The number of rotatable bonds is 6. The Morgan fingerprint density at radius 1 is 1.30 bits per heavy atom. The van der Waals surface area contributed by atoms with Gasteiger partial charge in [0.05, 0.1) is 0 Å². The summed E-state index contributed by atoms with van der Waals surface area (Å²) in [6.07, 6.45) is 9.77. The predicted octanol–water partition coefficient (Wildman–Crippen LogP) is 3.79. The first-order valence-corrected chi connectivity index (χ1v) is 8.87. The first kappa shape index (κ1) is 15.4. The van der Waals surface area contributed by atoms with Crippen molar-refractivity contribution < 1.29 is 0 Å². The van der Waals surface area contributed by atoms with E-state index in [9.17, 15) is 0 Å². The minimum Gasteiger partial charge on any atom is -0.370 e. The van der Waals surface area contributed by atoms with Gasteiger partial charge in [-0.05, 0) is 25.5 Å². The van der Waals surface area contributed by atoms with Crippen LogP contribution >= 0.6 is 11.8 Å². The molecule has 1 aliphatic carbocycles. The van der Waals surface area contributed by atoms with Crippen LogP contribution in [0.4, 0.5) is 11.6 Å². The maximum Gasteiger partial charge on any atom is 0.191 e. The Balaban J connectivity index is 2.15. The van der Waals surface area contributed by atoms with Crippen LogP contribution < -0.4 is 10.2 Å². The molecule has 1 aromatic rings. The van der Waals surface area contributed by atoms with E-state index >= 15 is 0 Å². The Labute approximate surface area is 126 Å². The fraction of sp³-hybridized carbons (Fsp3) is 0.733. The van der Waals surface area contributed by atoms with Crippen LogP contribution in [-0.4, -0.2) is 35.9 Å². The SMILES string of the molecule is CCCNc1cc(N(C)C2CCCCC2)nc(SC)n1. The molecular formula is C15H26N4S. The molecule has 0 aromatic carbocycles. The van der Waals surface area contributed by atoms with E-state index < -0.39 is 0 Å². The van der Waals surface area contributed by atoms with Crippen LogP contribution in [0.15, 0.2) is 11.2 Å². The number of nitrogens with zero attached hydrogens (tertiary/aromatic N) is 3. The van der Waals surface area contributed by atoms with Crippen LogP contribution in [0.5, 0.6) is 0 Å². The zero-order chi connectivity index (χ0) is 14.4. The van der Waals surface area contributed by atoms with Crippen molar-refractivity contribution in [2.75, 3.05) is 30.1 Å². The van der Waals surface area contributed by atoms with Crippen molar-refractivity contribution in [2.45, 2.75) is 56.6 Å². The van der Waals surface area contributed by atoms with Gasteiger partial charge in [0.2, 0.25) is 0 Å². The number of hydrogen-bond donors (Lipinski definition) is 1. The third-order valence-electron chi connectivity index (χ3n) is 3.91. The second-order valence-corrected chi connectivity index (χ2v) is 6.20. The summed E-state index contributed by atoms with van der Waals surface area (Å²) in [5.74, 6) is 2.00. The molecule has 1 saturated carbocycles. The Morgan fingerprint density at radius 2 is 2.05 bits per heavy atom. The minimum absolute atomic E-state index is 0.632. The standard InChI is InChI=1S/C15H26N4S/c1-4-10-16-13-11-14(18-15(17-13)20-3)19(2)12-8-6-5-7-9-12/h11-12H,4-10H2,1-3H3,(H,16,17,18). The Morgan fingerprint density at radius 3 is 2.70 bits per heavy atom. The van der Waals surface area contributed by atoms with E-state index in [0.717, 1.165) is 29.8 Å². The van der Waals surface area contributed by atoms with E-state index in [1.54, 1.807) is 11.8 Å². The second-order valence-electron chi connectivity index (χ2n) is 5.43. The van der Waals surface area contributed by atoms with Crippen LogP contribution in [0.2, 0.25) is 0 Å². The van der Waals surface area contributed by atoms with Gasteiger partial charge in [-0.3, -0.25) is 0 Å². The molecule has 1 aliphatic rings. The third kappa shape index (κ3) is 4.01. The number of aromatic nitrogens is 2. The molecular weight excluding hydrogens is 268 g/mol. The minimum atomic E-state index is 0.632. The molecule has 0 spiro atoms. The summed E-state index contributed by atoms with van der Waals surface area (Å²) < 4.78 is 0. The normalized spacial score (nSPS) is 16.1. The molecule has 1 N–H and O–H groups in total.